The number of nitrogens with two attached hydrogens (primary N) is 1. The summed E-state index contributed by atoms with van der Waals surface area (Å²) in [6.07, 6.45) is 0. The normalized spacial score (nSPS) is 13.6. The van der Waals surface area contributed by atoms with Gasteiger partial charge in [0.1, 0.15) is 0 Å². The first-order valence-electron chi connectivity index (χ1n) is 3.99. The zero-order chi connectivity index (χ0) is 9.12. The molecule has 0 spiro atoms. The van der Waals surface area contributed by atoms with Gasteiger partial charge < -0.3 is 16.2 Å². The Hall–Kier alpha value is -0.120. The van der Waals surface area contributed by atoms with Gasteiger partial charge in [0.25, 0.3) is 0 Å². The summed E-state index contributed by atoms with van der Waals surface area (Å²) in [5, 5.41) is 12.8. The minimum atomic E-state index is -0.720. The molecule has 0 rings (SSSR count). The van der Waals surface area contributed by atoms with Gasteiger partial charge in [0, 0.05) is 18.6 Å². The Labute approximate surface area is 69.0 Å². The molecule has 0 saturated carbocycles. The summed E-state index contributed by atoms with van der Waals surface area (Å²) in [6, 6.07) is 0. The number of hydrogen-bond acceptors (Lipinski definition) is 3. The van der Waals surface area contributed by atoms with Gasteiger partial charge in [0.15, 0.2) is 0 Å². The summed E-state index contributed by atoms with van der Waals surface area (Å²) < 4.78 is 0. The third-order valence-corrected chi connectivity index (χ3v) is 2.24. The molecule has 3 heteroatoms. The Morgan fingerprint density at radius 3 is 2.00 bits per heavy atom. The molecule has 3 nitrogen and oxygen atoms in total. The van der Waals surface area contributed by atoms with Gasteiger partial charge in [0.2, 0.25) is 0 Å². The Morgan fingerprint density at radius 1 is 1.27 bits per heavy atom. The van der Waals surface area contributed by atoms with Gasteiger partial charge in [-0.3, -0.25) is 0 Å². The van der Waals surface area contributed by atoms with Crippen molar-refractivity contribution in [2.75, 3.05) is 13.1 Å². The Bertz CT molecular complexity index is 116. The summed E-state index contributed by atoms with van der Waals surface area (Å²) in [6.45, 7) is 8.83. The lowest BCUT2D eigenvalue weighted by Gasteiger charge is -2.38. The van der Waals surface area contributed by atoms with E-state index in [-0.39, 0.29) is 5.54 Å². The molecular weight excluding hydrogens is 140 g/mol. The van der Waals surface area contributed by atoms with Crippen molar-refractivity contribution in [3.05, 3.63) is 0 Å². The molecule has 0 unspecified atom stereocenters. The standard InChI is InChI=1S/C8H20N2O/c1-7(2,8(3,4)11)10-6-5-9/h10-11H,5-6,9H2,1-4H3. The van der Waals surface area contributed by atoms with E-state index in [1.807, 2.05) is 13.8 Å². The van der Waals surface area contributed by atoms with Gasteiger partial charge in [-0.05, 0) is 27.7 Å². The van der Waals surface area contributed by atoms with Crippen molar-refractivity contribution in [1.29, 1.82) is 0 Å². The molecule has 0 heterocycles. The van der Waals surface area contributed by atoms with Crippen LogP contribution in [0.4, 0.5) is 0 Å². The highest BCUT2D eigenvalue weighted by Gasteiger charge is 2.33. The lowest BCUT2D eigenvalue weighted by molar-refractivity contribution is -0.00381. The molecule has 0 aromatic carbocycles. The largest absolute Gasteiger partial charge is 0.389 e. The molecule has 68 valence electrons. The van der Waals surface area contributed by atoms with E-state index in [0.717, 1.165) is 6.54 Å². The molecular formula is C8H20N2O. The number of rotatable bonds is 4. The molecule has 0 amide bonds. The molecule has 0 aliphatic heterocycles. The molecule has 0 bridgehead atoms. The first-order chi connectivity index (χ1) is 4.81. The van der Waals surface area contributed by atoms with Crippen LogP contribution in [0.2, 0.25) is 0 Å². The molecule has 0 aromatic rings. The average Bonchev–Trinajstić information content (AvgIpc) is 1.81. The van der Waals surface area contributed by atoms with Gasteiger partial charge in [-0.1, -0.05) is 0 Å². The highest BCUT2D eigenvalue weighted by atomic mass is 16.3. The van der Waals surface area contributed by atoms with Crippen molar-refractivity contribution in [1.82, 2.24) is 5.32 Å². The molecule has 0 aromatic heterocycles. The van der Waals surface area contributed by atoms with Crippen LogP contribution in [-0.2, 0) is 0 Å². The monoisotopic (exact) mass is 160 g/mol. The lowest BCUT2D eigenvalue weighted by Crippen LogP contribution is -2.56. The van der Waals surface area contributed by atoms with E-state index < -0.39 is 5.60 Å². The van der Waals surface area contributed by atoms with E-state index >= 15 is 0 Å². The van der Waals surface area contributed by atoms with Crippen LogP contribution in [0.1, 0.15) is 27.7 Å². The molecule has 0 aliphatic carbocycles. The maximum Gasteiger partial charge on any atom is 0.0767 e. The highest BCUT2D eigenvalue weighted by Crippen LogP contribution is 2.19. The van der Waals surface area contributed by atoms with Crippen molar-refractivity contribution in [3.63, 3.8) is 0 Å². The second kappa shape index (κ2) is 3.52. The van der Waals surface area contributed by atoms with Crippen molar-refractivity contribution < 1.29 is 5.11 Å². The van der Waals surface area contributed by atoms with Gasteiger partial charge in [-0.15, -0.1) is 0 Å². The quantitative estimate of drug-likeness (QED) is 0.546. The first-order valence-corrected chi connectivity index (χ1v) is 3.99. The summed E-state index contributed by atoms with van der Waals surface area (Å²) in [7, 11) is 0. The van der Waals surface area contributed by atoms with Crippen molar-refractivity contribution in [3.8, 4) is 0 Å². The zero-order valence-electron chi connectivity index (χ0n) is 7.94. The van der Waals surface area contributed by atoms with Crippen LogP contribution in [0, 0.1) is 0 Å². The molecule has 0 radical (unpaired) electrons. The minimum absolute atomic E-state index is 0.285. The predicted molar refractivity (Wildman–Crippen MR) is 47.4 cm³/mol. The molecule has 11 heavy (non-hydrogen) atoms. The molecule has 0 fully saturated rings. The minimum Gasteiger partial charge on any atom is -0.389 e. The van der Waals surface area contributed by atoms with Gasteiger partial charge >= 0.3 is 0 Å². The topological polar surface area (TPSA) is 58.3 Å². The highest BCUT2D eigenvalue weighted by molar-refractivity contribution is 4.93. The summed E-state index contributed by atoms with van der Waals surface area (Å²) in [5.41, 5.74) is 4.33. The summed E-state index contributed by atoms with van der Waals surface area (Å²) in [4.78, 5) is 0. The van der Waals surface area contributed by atoms with Gasteiger partial charge in [0.05, 0.1) is 5.60 Å². The fraction of sp³-hybridized carbons (Fsp3) is 1.00. The van der Waals surface area contributed by atoms with Crippen LogP contribution < -0.4 is 11.1 Å². The van der Waals surface area contributed by atoms with Gasteiger partial charge in [-0.2, -0.15) is 0 Å². The van der Waals surface area contributed by atoms with Crippen LogP contribution in [0.3, 0.4) is 0 Å². The third kappa shape index (κ3) is 3.18. The van der Waals surface area contributed by atoms with E-state index in [2.05, 4.69) is 5.32 Å². The van der Waals surface area contributed by atoms with E-state index in [0.29, 0.717) is 6.54 Å². The van der Waals surface area contributed by atoms with Crippen LogP contribution >= 0.6 is 0 Å². The summed E-state index contributed by atoms with van der Waals surface area (Å²) >= 11 is 0. The van der Waals surface area contributed by atoms with E-state index in [1.165, 1.54) is 0 Å². The van der Waals surface area contributed by atoms with Crippen molar-refractivity contribution >= 4 is 0 Å². The second-order valence-electron chi connectivity index (χ2n) is 3.90. The Kier molecular flexibility index (Phi) is 3.48. The molecule has 0 aliphatic rings. The van der Waals surface area contributed by atoms with Crippen molar-refractivity contribution in [2.45, 2.75) is 38.8 Å². The number of aliphatic hydroxyl groups is 1. The van der Waals surface area contributed by atoms with Crippen molar-refractivity contribution in [2.24, 2.45) is 5.73 Å². The number of nitrogens with one attached hydrogen (secondary N) is 1. The first kappa shape index (κ1) is 10.9. The smallest absolute Gasteiger partial charge is 0.0767 e. The Morgan fingerprint density at radius 2 is 1.73 bits per heavy atom. The van der Waals surface area contributed by atoms with Crippen LogP contribution in [0.5, 0.6) is 0 Å². The number of hydrogen-bond donors (Lipinski definition) is 3. The van der Waals surface area contributed by atoms with E-state index in [1.54, 1.807) is 13.8 Å². The molecule has 4 N–H and O–H groups in total. The molecule has 0 saturated heterocycles. The fourth-order valence-corrected chi connectivity index (χ4v) is 0.601. The fourth-order valence-electron chi connectivity index (χ4n) is 0.601. The maximum atomic E-state index is 9.67. The average molecular weight is 160 g/mol. The van der Waals surface area contributed by atoms with Gasteiger partial charge in [-0.25, -0.2) is 0 Å². The predicted octanol–water partition coefficient (Wildman–Crippen LogP) is 0.0842. The zero-order valence-corrected chi connectivity index (χ0v) is 7.94. The van der Waals surface area contributed by atoms with Crippen LogP contribution in [0.15, 0.2) is 0 Å². The third-order valence-electron chi connectivity index (χ3n) is 2.24. The van der Waals surface area contributed by atoms with E-state index in [9.17, 15) is 5.11 Å². The summed E-state index contributed by atoms with van der Waals surface area (Å²) in [5.74, 6) is 0. The van der Waals surface area contributed by atoms with Crippen LogP contribution in [-0.4, -0.2) is 29.3 Å². The van der Waals surface area contributed by atoms with Crippen LogP contribution in [0.25, 0.3) is 0 Å². The van der Waals surface area contributed by atoms with E-state index in [4.69, 9.17) is 5.73 Å². The Balaban J connectivity index is 4.00. The lowest BCUT2D eigenvalue weighted by atomic mass is 9.86. The SMILES string of the molecule is CC(C)(O)C(C)(C)NCCN. The maximum absolute atomic E-state index is 9.67. The second-order valence-corrected chi connectivity index (χ2v) is 3.90. The molecule has 0 atom stereocenters.